The number of nitrogens with one attached hydrogen (secondary N) is 2. The van der Waals surface area contributed by atoms with Crippen LogP contribution in [0.25, 0.3) is 11.0 Å². The Kier molecular flexibility index (Phi) is 5.21. The quantitative estimate of drug-likeness (QED) is 0.778. The summed E-state index contributed by atoms with van der Waals surface area (Å²) >= 11 is 1.38. The highest BCUT2D eigenvalue weighted by atomic mass is 32.2. The number of hydrogen-bond acceptors (Lipinski definition) is 4. The number of benzene rings is 1. The fraction of sp³-hybridized carbons (Fsp3) is 0.357. The van der Waals surface area contributed by atoms with Gasteiger partial charge in [-0.05, 0) is 12.1 Å². The molecule has 2 N–H and O–H groups in total. The van der Waals surface area contributed by atoms with Crippen LogP contribution in [0.15, 0.2) is 29.4 Å². The van der Waals surface area contributed by atoms with Gasteiger partial charge in [0.1, 0.15) is 0 Å². The maximum absolute atomic E-state index is 11.7. The summed E-state index contributed by atoms with van der Waals surface area (Å²) in [6, 6.07) is 7.85. The maximum atomic E-state index is 11.7. The van der Waals surface area contributed by atoms with Crippen molar-refractivity contribution in [2.24, 2.45) is 7.05 Å². The molecule has 0 saturated carbocycles. The number of para-hydroxylation sites is 2. The number of amides is 2. The summed E-state index contributed by atoms with van der Waals surface area (Å²) in [5.74, 6) is 0.0968. The number of carbonyl (C=O) groups excluding carboxylic acids is 2. The molecule has 2 amide bonds. The van der Waals surface area contributed by atoms with E-state index in [9.17, 15) is 9.59 Å². The lowest BCUT2D eigenvalue weighted by molar-refractivity contribution is -0.121. The zero-order valence-electron chi connectivity index (χ0n) is 12.0. The Morgan fingerprint density at radius 3 is 2.76 bits per heavy atom. The topological polar surface area (TPSA) is 76.0 Å². The highest BCUT2D eigenvalue weighted by molar-refractivity contribution is 7.99. The number of hydrogen-bond donors (Lipinski definition) is 2. The fourth-order valence-corrected chi connectivity index (χ4v) is 2.69. The van der Waals surface area contributed by atoms with E-state index in [0.29, 0.717) is 13.0 Å². The van der Waals surface area contributed by atoms with Crippen LogP contribution >= 0.6 is 11.8 Å². The fourth-order valence-electron chi connectivity index (χ4n) is 1.87. The Hall–Kier alpha value is -2.02. The molecule has 0 fully saturated rings. The van der Waals surface area contributed by atoms with Crippen LogP contribution in [-0.4, -0.2) is 40.7 Å². The molecule has 1 aromatic carbocycles. The largest absolute Gasteiger partial charge is 0.359 e. The predicted octanol–water partition coefficient (Wildman–Crippen LogP) is 0.918. The first kappa shape index (κ1) is 15.4. The Morgan fingerprint density at radius 2 is 2.05 bits per heavy atom. The van der Waals surface area contributed by atoms with Gasteiger partial charge in [0.25, 0.3) is 0 Å². The highest BCUT2D eigenvalue weighted by Gasteiger charge is 2.10. The van der Waals surface area contributed by atoms with E-state index in [2.05, 4.69) is 15.6 Å². The van der Waals surface area contributed by atoms with Crippen molar-refractivity contribution >= 4 is 34.6 Å². The molecule has 6 nitrogen and oxygen atoms in total. The van der Waals surface area contributed by atoms with Gasteiger partial charge >= 0.3 is 0 Å². The molecule has 1 heterocycles. The first-order valence-corrected chi connectivity index (χ1v) is 7.62. The zero-order chi connectivity index (χ0) is 15.2. The van der Waals surface area contributed by atoms with Crippen LogP contribution in [0.5, 0.6) is 0 Å². The van der Waals surface area contributed by atoms with Gasteiger partial charge in [-0.15, -0.1) is 0 Å². The summed E-state index contributed by atoms with van der Waals surface area (Å²) in [7, 11) is 3.51. The third-order valence-electron chi connectivity index (χ3n) is 3.03. The minimum atomic E-state index is -0.101. The van der Waals surface area contributed by atoms with Gasteiger partial charge in [0.2, 0.25) is 11.8 Å². The lowest BCUT2D eigenvalue weighted by Gasteiger charge is -2.04. The molecule has 0 bridgehead atoms. The molecule has 0 aliphatic rings. The number of imidazole rings is 1. The third-order valence-corrected chi connectivity index (χ3v) is 4.06. The molecule has 0 radical (unpaired) electrons. The van der Waals surface area contributed by atoms with Gasteiger partial charge in [-0.2, -0.15) is 0 Å². The molecule has 0 atom stereocenters. The number of aryl methyl sites for hydroxylation is 1. The molecule has 2 rings (SSSR count). The number of nitrogens with zero attached hydrogens (tertiary/aromatic N) is 2. The normalized spacial score (nSPS) is 10.6. The van der Waals surface area contributed by atoms with E-state index >= 15 is 0 Å². The first-order chi connectivity index (χ1) is 10.1. The van der Waals surface area contributed by atoms with Crippen molar-refractivity contribution in [3.8, 4) is 0 Å². The monoisotopic (exact) mass is 306 g/mol. The summed E-state index contributed by atoms with van der Waals surface area (Å²) in [4.78, 5) is 27.2. The van der Waals surface area contributed by atoms with Gasteiger partial charge in [0.05, 0.1) is 16.8 Å². The maximum Gasteiger partial charge on any atom is 0.230 e. The summed E-state index contributed by atoms with van der Waals surface area (Å²) in [5.41, 5.74) is 1.96. The van der Waals surface area contributed by atoms with Crippen LogP contribution in [0.4, 0.5) is 0 Å². The summed E-state index contributed by atoms with van der Waals surface area (Å²) in [6.07, 6.45) is 0.291. The van der Waals surface area contributed by atoms with Crippen molar-refractivity contribution in [2.75, 3.05) is 19.3 Å². The van der Waals surface area contributed by atoms with E-state index in [1.165, 1.54) is 11.8 Å². The van der Waals surface area contributed by atoms with Gasteiger partial charge < -0.3 is 15.2 Å². The van der Waals surface area contributed by atoms with Crippen LogP contribution in [0.1, 0.15) is 6.42 Å². The summed E-state index contributed by atoms with van der Waals surface area (Å²) in [5, 5.41) is 6.03. The van der Waals surface area contributed by atoms with Crippen LogP contribution in [0, 0.1) is 0 Å². The smallest absolute Gasteiger partial charge is 0.230 e. The molecule has 7 heteroatoms. The van der Waals surface area contributed by atoms with Crippen molar-refractivity contribution < 1.29 is 9.59 Å². The highest BCUT2D eigenvalue weighted by Crippen LogP contribution is 2.22. The van der Waals surface area contributed by atoms with Crippen LogP contribution in [-0.2, 0) is 16.6 Å². The molecule has 112 valence electrons. The Bertz CT molecular complexity index is 653. The molecule has 1 aromatic heterocycles. The van der Waals surface area contributed by atoms with Gasteiger partial charge in [-0.1, -0.05) is 23.9 Å². The SMILES string of the molecule is CNC(=O)CCNC(=O)CSc1nc2ccccc2n1C. The van der Waals surface area contributed by atoms with Crippen molar-refractivity contribution in [1.82, 2.24) is 20.2 Å². The standard InChI is InChI=1S/C14H18N4O2S/c1-15-12(19)7-8-16-13(20)9-21-14-17-10-5-3-4-6-11(10)18(14)2/h3-6H,7-9H2,1-2H3,(H,15,19)(H,16,20). The summed E-state index contributed by atoms with van der Waals surface area (Å²) in [6.45, 7) is 0.349. The second kappa shape index (κ2) is 7.12. The van der Waals surface area contributed by atoms with Gasteiger partial charge in [0.15, 0.2) is 5.16 Å². The average molecular weight is 306 g/mol. The number of aromatic nitrogens is 2. The molecular formula is C14H18N4O2S. The molecule has 0 aliphatic heterocycles. The van der Waals surface area contributed by atoms with Crippen LogP contribution in [0.2, 0.25) is 0 Å². The molecule has 0 aliphatic carbocycles. The van der Waals surface area contributed by atoms with Gasteiger partial charge in [0, 0.05) is 27.1 Å². The molecule has 0 saturated heterocycles. The Labute approximate surface area is 127 Å². The van der Waals surface area contributed by atoms with Crippen LogP contribution < -0.4 is 10.6 Å². The van der Waals surface area contributed by atoms with Crippen molar-refractivity contribution in [1.29, 1.82) is 0 Å². The van der Waals surface area contributed by atoms with E-state index in [1.54, 1.807) is 7.05 Å². The molecule has 2 aromatic rings. The van der Waals surface area contributed by atoms with E-state index < -0.39 is 0 Å². The van der Waals surface area contributed by atoms with E-state index in [0.717, 1.165) is 16.2 Å². The minimum absolute atomic E-state index is 0.0849. The van der Waals surface area contributed by atoms with Crippen molar-refractivity contribution in [3.05, 3.63) is 24.3 Å². The molecule has 0 unspecified atom stereocenters. The molecule has 21 heavy (non-hydrogen) atoms. The second-order valence-corrected chi connectivity index (χ2v) is 5.45. The molecular weight excluding hydrogens is 288 g/mol. The lowest BCUT2D eigenvalue weighted by Crippen LogP contribution is -2.30. The third kappa shape index (κ3) is 3.98. The summed E-state index contributed by atoms with van der Waals surface area (Å²) < 4.78 is 1.97. The van der Waals surface area contributed by atoms with E-state index in [4.69, 9.17) is 0 Å². The first-order valence-electron chi connectivity index (χ1n) is 6.63. The van der Waals surface area contributed by atoms with E-state index in [1.807, 2.05) is 35.9 Å². The van der Waals surface area contributed by atoms with Crippen molar-refractivity contribution in [3.63, 3.8) is 0 Å². The number of carbonyl (C=O) groups is 2. The zero-order valence-corrected chi connectivity index (χ0v) is 12.9. The van der Waals surface area contributed by atoms with Gasteiger partial charge in [-0.25, -0.2) is 4.98 Å². The van der Waals surface area contributed by atoms with Crippen LogP contribution in [0.3, 0.4) is 0 Å². The molecule has 0 spiro atoms. The second-order valence-electron chi connectivity index (χ2n) is 4.50. The average Bonchev–Trinajstić information content (AvgIpc) is 2.82. The number of fused-ring (bicyclic) bond motifs is 1. The Balaban J connectivity index is 1.85. The minimum Gasteiger partial charge on any atom is -0.359 e. The van der Waals surface area contributed by atoms with Gasteiger partial charge in [-0.3, -0.25) is 9.59 Å². The number of thioether (sulfide) groups is 1. The number of rotatable bonds is 6. The Morgan fingerprint density at radius 1 is 1.29 bits per heavy atom. The van der Waals surface area contributed by atoms with Crippen molar-refractivity contribution in [2.45, 2.75) is 11.6 Å². The van der Waals surface area contributed by atoms with E-state index in [-0.39, 0.29) is 17.6 Å². The predicted molar refractivity (Wildman–Crippen MR) is 83.1 cm³/mol. The lowest BCUT2D eigenvalue weighted by atomic mass is 10.3.